The molecule has 1 aromatic rings. The Labute approximate surface area is 245 Å². The van der Waals surface area contributed by atoms with Crippen LogP contribution in [-0.2, 0) is 35.5 Å². The van der Waals surface area contributed by atoms with E-state index in [1.54, 1.807) is 4.90 Å². The molecule has 1 rings (SSSR count). The van der Waals surface area contributed by atoms with Gasteiger partial charge in [0.1, 0.15) is 17.4 Å². The van der Waals surface area contributed by atoms with E-state index in [9.17, 15) is 38.4 Å². The molecule has 2 atom stereocenters. The van der Waals surface area contributed by atoms with E-state index >= 15 is 0 Å². The lowest BCUT2D eigenvalue weighted by Crippen LogP contribution is -2.57. The van der Waals surface area contributed by atoms with Gasteiger partial charge < -0.3 is 30.8 Å². The van der Waals surface area contributed by atoms with Crippen molar-refractivity contribution in [3.8, 4) is 0 Å². The number of benzene rings is 1. The highest BCUT2D eigenvalue weighted by Gasteiger charge is 2.38. The van der Waals surface area contributed by atoms with Crippen LogP contribution >= 0.6 is 0 Å². The molecule has 4 N–H and O–H groups in total. The summed E-state index contributed by atoms with van der Waals surface area (Å²) in [6.07, 6.45) is 3.71. The van der Waals surface area contributed by atoms with Gasteiger partial charge in [-0.25, -0.2) is 14.4 Å². The van der Waals surface area contributed by atoms with Crippen LogP contribution in [0.5, 0.6) is 0 Å². The van der Waals surface area contributed by atoms with Gasteiger partial charge in [-0.1, -0.05) is 36.2 Å². The summed E-state index contributed by atoms with van der Waals surface area (Å²) in [4.78, 5) is 75.9. The summed E-state index contributed by atoms with van der Waals surface area (Å²) in [7, 11) is 0. The Bertz CT molecular complexity index is 1050. The number of carbonyl (C=O) groups is 6. The number of carbonyl (C=O) groups excluding carboxylic acids is 5. The number of carboxylic acids is 1. The summed E-state index contributed by atoms with van der Waals surface area (Å²) in [5, 5.41) is 16.7. The Morgan fingerprint density at radius 2 is 1.74 bits per heavy atom. The van der Waals surface area contributed by atoms with E-state index in [2.05, 4.69) is 20.9 Å². The van der Waals surface area contributed by atoms with E-state index in [1.165, 1.54) is 13.8 Å². The number of unbranched alkanes of at least 4 members (excludes halogenated alkanes) is 3. The molecule has 0 fully saturated rings. The quantitative estimate of drug-likeness (QED) is 0.124. The average Bonchev–Trinajstić information content (AvgIpc) is 2.94. The van der Waals surface area contributed by atoms with E-state index in [0.717, 1.165) is 24.0 Å². The summed E-state index contributed by atoms with van der Waals surface area (Å²) in [6.45, 7) is 5.75. The van der Waals surface area contributed by atoms with Crippen LogP contribution in [0.25, 0.3) is 0 Å². The van der Waals surface area contributed by atoms with Crippen LogP contribution < -0.4 is 16.0 Å². The summed E-state index contributed by atoms with van der Waals surface area (Å²) >= 11 is 0. The molecule has 0 spiro atoms. The number of hydrogen-bond acceptors (Lipinski definition) is 7. The zero-order chi connectivity index (χ0) is 31.5. The molecule has 0 saturated heterocycles. The van der Waals surface area contributed by atoms with E-state index in [1.807, 2.05) is 31.2 Å². The van der Waals surface area contributed by atoms with Crippen LogP contribution in [0.4, 0.5) is 9.32 Å². The maximum absolute atomic E-state index is 13.0. The van der Waals surface area contributed by atoms with Crippen molar-refractivity contribution in [1.82, 2.24) is 20.9 Å². The second-order valence-corrected chi connectivity index (χ2v) is 10.6. The molecule has 13 heteroatoms. The molecule has 0 aromatic heterocycles. The third-order valence-electron chi connectivity index (χ3n) is 6.80. The Kier molecular flexibility index (Phi) is 16.4. The van der Waals surface area contributed by atoms with Gasteiger partial charge in [0, 0.05) is 37.0 Å². The van der Waals surface area contributed by atoms with Gasteiger partial charge in [-0.15, -0.1) is 0 Å². The maximum atomic E-state index is 13.0. The molecular weight excluding hydrogens is 551 g/mol. The first kappa shape index (κ1) is 36.0. The second-order valence-electron chi connectivity index (χ2n) is 10.6. The molecule has 12 nitrogen and oxygen atoms in total. The van der Waals surface area contributed by atoms with Gasteiger partial charge in [0.15, 0.2) is 0 Å². The van der Waals surface area contributed by atoms with Gasteiger partial charge in [0.2, 0.25) is 12.3 Å². The van der Waals surface area contributed by atoms with Crippen molar-refractivity contribution in [2.75, 3.05) is 13.1 Å². The highest BCUT2D eigenvalue weighted by atomic mass is 19.3. The molecule has 1 aromatic carbocycles. The van der Waals surface area contributed by atoms with Gasteiger partial charge in [0.25, 0.3) is 0 Å². The average molecular weight is 595 g/mol. The van der Waals surface area contributed by atoms with E-state index in [4.69, 9.17) is 0 Å². The fraction of sp³-hybridized carbons (Fsp3) is 0.586. The SMILES string of the molecule is CC(=O)CC[C@](C)(NC(=O)N[C@@H](CCCCN(Cc1ccc(C)cc1)C(=O)CCCCCNC=O)C(=O)O)C(=O)OF. The Morgan fingerprint density at radius 3 is 2.33 bits per heavy atom. The van der Waals surface area contributed by atoms with Gasteiger partial charge >= 0.3 is 18.0 Å². The number of nitrogens with zero attached hydrogens (tertiary/aromatic N) is 1. The molecule has 0 aliphatic carbocycles. The molecule has 0 aliphatic heterocycles. The molecule has 234 valence electrons. The number of Topliss-reactive ketones (excluding diaryl/α,β-unsaturated/α-hetero) is 1. The Hall–Kier alpha value is -4.03. The van der Waals surface area contributed by atoms with Crippen molar-refractivity contribution in [3.05, 3.63) is 35.4 Å². The third kappa shape index (κ3) is 14.0. The number of halogens is 1. The van der Waals surface area contributed by atoms with Crippen molar-refractivity contribution >= 4 is 36.1 Å². The number of rotatable bonds is 21. The Balaban J connectivity index is 2.73. The van der Waals surface area contributed by atoms with Crippen LogP contribution in [0.15, 0.2) is 24.3 Å². The predicted molar refractivity (Wildman–Crippen MR) is 152 cm³/mol. The lowest BCUT2D eigenvalue weighted by molar-refractivity contribution is -0.191. The monoisotopic (exact) mass is 594 g/mol. The first-order valence-corrected chi connectivity index (χ1v) is 14.1. The topological polar surface area (TPSA) is 171 Å². The highest BCUT2D eigenvalue weighted by Crippen LogP contribution is 2.16. The molecule has 42 heavy (non-hydrogen) atoms. The number of aliphatic carboxylic acids is 1. The van der Waals surface area contributed by atoms with Crippen LogP contribution in [-0.4, -0.2) is 70.7 Å². The Morgan fingerprint density at radius 1 is 1.05 bits per heavy atom. The standard InChI is InChI=1S/C29H43FN4O8/c1-21-11-13-23(14-12-21)19-34(25(37)10-5-4-7-17-31-20-35)18-8-6-9-24(26(38)39)32-28(41)33-29(3,27(40)42-30)16-15-22(2)36/h11-14,20,24H,4-10,15-19H2,1-3H3,(H,31,35)(H,38,39)(H2,32,33,41)/t24-,29-/m0/s1. The van der Waals surface area contributed by atoms with E-state index in [0.29, 0.717) is 51.7 Å². The number of hydrogen-bond donors (Lipinski definition) is 4. The summed E-state index contributed by atoms with van der Waals surface area (Å²) in [5.41, 5.74) is 0.179. The molecule has 0 aliphatic rings. The number of amides is 4. The predicted octanol–water partition coefficient (Wildman–Crippen LogP) is 3.11. The molecule has 0 unspecified atom stereocenters. The zero-order valence-corrected chi connectivity index (χ0v) is 24.6. The first-order chi connectivity index (χ1) is 19.9. The van der Waals surface area contributed by atoms with E-state index in [-0.39, 0.29) is 31.0 Å². The van der Waals surface area contributed by atoms with Gasteiger partial charge in [-0.3, -0.25) is 14.5 Å². The molecule has 0 bridgehead atoms. The number of carboxylic acid groups (broad SMARTS) is 1. The second kappa shape index (κ2) is 19.2. The highest BCUT2D eigenvalue weighted by molar-refractivity contribution is 5.89. The zero-order valence-electron chi connectivity index (χ0n) is 24.6. The molecule has 4 amide bonds. The van der Waals surface area contributed by atoms with E-state index < -0.39 is 29.6 Å². The van der Waals surface area contributed by atoms with Crippen LogP contribution in [0.3, 0.4) is 0 Å². The lowest BCUT2D eigenvalue weighted by Gasteiger charge is -2.27. The largest absolute Gasteiger partial charge is 0.480 e. The number of urea groups is 1. The van der Waals surface area contributed by atoms with Crippen molar-refractivity contribution in [2.24, 2.45) is 0 Å². The van der Waals surface area contributed by atoms with Gasteiger partial charge in [0.05, 0.1) is 0 Å². The third-order valence-corrected chi connectivity index (χ3v) is 6.80. The first-order valence-electron chi connectivity index (χ1n) is 14.1. The fourth-order valence-electron chi connectivity index (χ4n) is 4.18. The molecule has 0 radical (unpaired) electrons. The van der Waals surface area contributed by atoms with Crippen LogP contribution in [0.2, 0.25) is 0 Å². The maximum Gasteiger partial charge on any atom is 0.373 e. The minimum Gasteiger partial charge on any atom is -0.480 e. The van der Waals surface area contributed by atoms with Crippen LogP contribution in [0.1, 0.15) is 82.8 Å². The number of nitrogens with one attached hydrogen (secondary N) is 3. The fourth-order valence-corrected chi connectivity index (χ4v) is 4.18. The normalized spacial score (nSPS) is 12.8. The van der Waals surface area contributed by atoms with Crippen molar-refractivity contribution < 1.29 is 43.3 Å². The van der Waals surface area contributed by atoms with Crippen molar-refractivity contribution in [2.45, 2.75) is 96.7 Å². The minimum absolute atomic E-state index is 0.0317. The molecule has 0 saturated carbocycles. The van der Waals surface area contributed by atoms with Crippen molar-refractivity contribution in [3.63, 3.8) is 0 Å². The summed E-state index contributed by atoms with van der Waals surface area (Å²) in [5.74, 6) is -3.04. The smallest absolute Gasteiger partial charge is 0.373 e. The summed E-state index contributed by atoms with van der Waals surface area (Å²) < 4.78 is 12.6. The van der Waals surface area contributed by atoms with Gasteiger partial charge in [-0.2, -0.15) is 0 Å². The number of aryl methyl sites for hydroxylation is 1. The molecular formula is C29H43FN4O8. The lowest BCUT2D eigenvalue weighted by atomic mass is 9.95. The minimum atomic E-state index is -1.88. The van der Waals surface area contributed by atoms with Gasteiger partial charge in [-0.05, 0) is 64.9 Å². The molecule has 0 heterocycles. The van der Waals surface area contributed by atoms with Crippen LogP contribution in [0, 0.1) is 6.92 Å². The summed E-state index contributed by atoms with van der Waals surface area (Å²) in [6, 6.07) is 5.48. The number of ketones is 1. The van der Waals surface area contributed by atoms with Crippen molar-refractivity contribution in [1.29, 1.82) is 0 Å².